The first-order valence-electron chi connectivity index (χ1n) is 5.33. The van der Waals surface area contributed by atoms with Crippen LogP contribution in [0.2, 0.25) is 0 Å². The number of carbonyl (C=O) groups excluding carboxylic acids is 1. The minimum Gasteiger partial charge on any atom is -0.367 e. The Kier molecular flexibility index (Phi) is 3.18. The Morgan fingerprint density at radius 2 is 2.53 bits per heavy atom. The van der Waals surface area contributed by atoms with E-state index in [0.717, 1.165) is 25.2 Å². The van der Waals surface area contributed by atoms with Crippen LogP contribution < -0.4 is 5.32 Å². The Labute approximate surface area is 89.7 Å². The third-order valence-electron chi connectivity index (χ3n) is 2.81. The number of aromatic amines is 1. The minimum absolute atomic E-state index is 0.212. The van der Waals surface area contributed by atoms with Gasteiger partial charge >= 0.3 is 0 Å². The van der Waals surface area contributed by atoms with Gasteiger partial charge in [0, 0.05) is 50.1 Å². The van der Waals surface area contributed by atoms with Gasteiger partial charge in [0.05, 0.1) is 0 Å². The summed E-state index contributed by atoms with van der Waals surface area (Å²) in [6, 6.07) is 2.13. The fourth-order valence-electron chi connectivity index (χ4n) is 1.97. The summed E-state index contributed by atoms with van der Waals surface area (Å²) < 4.78 is 0. The van der Waals surface area contributed by atoms with Crippen molar-refractivity contribution in [1.82, 2.24) is 15.2 Å². The molecular formula is C11H17N3O. The molecule has 1 atom stereocenters. The number of hydrogen-bond acceptors (Lipinski definition) is 3. The van der Waals surface area contributed by atoms with E-state index in [1.807, 2.05) is 6.07 Å². The van der Waals surface area contributed by atoms with E-state index >= 15 is 0 Å². The smallest absolute Gasteiger partial charge is 0.165 e. The Morgan fingerprint density at radius 3 is 3.20 bits per heavy atom. The molecule has 0 aliphatic carbocycles. The molecule has 0 spiro atoms. The van der Waals surface area contributed by atoms with E-state index in [0.29, 0.717) is 12.5 Å². The van der Waals surface area contributed by atoms with Crippen molar-refractivity contribution < 1.29 is 4.79 Å². The fraction of sp³-hybridized carbons (Fsp3) is 0.545. The molecule has 2 N–H and O–H groups in total. The molecule has 15 heavy (non-hydrogen) atoms. The van der Waals surface area contributed by atoms with E-state index in [9.17, 15) is 4.79 Å². The van der Waals surface area contributed by atoms with Gasteiger partial charge < -0.3 is 15.2 Å². The molecule has 1 aromatic heterocycles. The Balaban J connectivity index is 1.89. The fourth-order valence-corrected chi connectivity index (χ4v) is 1.97. The third-order valence-corrected chi connectivity index (χ3v) is 2.81. The molecule has 0 aromatic carbocycles. The first-order valence-corrected chi connectivity index (χ1v) is 5.33. The van der Waals surface area contributed by atoms with Crippen LogP contribution in [0.25, 0.3) is 0 Å². The molecule has 1 aromatic rings. The van der Waals surface area contributed by atoms with Crippen molar-refractivity contribution in [2.24, 2.45) is 0 Å². The molecule has 2 heterocycles. The van der Waals surface area contributed by atoms with Gasteiger partial charge in [-0.25, -0.2) is 0 Å². The zero-order chi connectivity index (χ0) is 10.7. The van der Waals surface area contributed by atoms with Gasteiger partial charge in [0.2, 0.25) is 0 Å². The lowest BCUT2D eigenvalue weighted by Crippen LogP contribution is -2.49. The van der Waals surface area contributed by atoms with Gasteiger partial charge in [-0.1, -0.05) is 0 Å². The molecule has 0 bridgehead atoms. The molecule has 1 fully saturated rings. The summed E-state index contributed by atoms with van der Waals surface area (Å²) in [5.41, 5.74) is 0.782. The molecule has 1 saturated heterocycles. The number of nitrogens with one attached hydrogen (secondary N) is 2. The van der Waals surface area contributed by atoms with Crippen LogP contribution in [0.1, 0.15) is 16.8 Å². The van der Waals surface area contributed by atoms with Crippen LogP contribution in [0.5, 0.6) is 0 Å². The maximum Gasteiger partial charge on any atom is 0.165 e. The lowest BCUT2D eigenvalue weighted by atomic mass is 10.0. The van der Waals surface area contributed by atoms with Crippen LogP contribution in [0.3, 0.4) is 0 Å². The number of piperazine rings is 1. The van der Waals surface area contributed by atoms with Crippen molar-refractivity contribution in [2.75, 3.05) is 26.7 Å². The van der Waals surface area contributed by atoms with Crippen LogP contribution in [0.15, 0.2) is 18.5 Å². The van der Waals surface area contributed by atoms with Crippen molar-refractivity contribution in [2.45, 2.75) is 12.5 Å². The van der Waals surface area contributed by atoms with Gasteiger partial charge in [0.15, 0.2) is 5.78 Å². The van der Waals surface area contributed by atoms with Crippen LogP contribution >= 0.6 is 0 Å². The lowest BCUT2D eigenvalue weighted by Gasteiger charge is -2.30. The summed E-state index contributed by atoms with van der Waals surface area (Å²) in [6.07, 6.45) is 4.13. The first kappa shape index (κ1) is 10.4. The van der Waals surface area contributed by atoms with Crippen LogP contribution in [-0.4, -0.2) is 48.4 Å². The van der Waals surface area contributed by atoms with Gasteiger partial charge in [0.1, 0.15) is 0 Å². The largest absolute Gasteiger partial charge is 0.367 e. The Hall–Kier alpha value is -1.13. The summed E-state index contributed by atoms with van der Waals surface area (Å²) in [5.74, 6) is 0.212. The molecule has 2 rings (SSSR count). The zero-order valence-electron chi connectivity index (χ0n) is 8.99. The van der Waals surface area contributed by atoms with E-state index in [-0.39, 0.29) is 5.78 Å². The number of likely N-dealkylation sites (N-methyl/N-ethyl adjacent to an activating group) is 1. The monoisotopic (exact) mass is 207 g/mol. The van der Waals surface area contributed by atoms with E-state index < -0.39 is 0 Å². The normalized spacial score (nSPS) is 22.9. The van der Waals surface area contributed by atoms with Crippen molar-refractivity contribution >= 4 is 5.78 Å². The highest BCUT2D eigenvalue weighted by molar-refractivity contribution is 5.96. The van der Waals surface area contributed by atoms with Gasteiger partial charge in [-0.3, -0.25) is 4.79 Å². The number of Topliss-reactive ketones (excluding diaryl/α,β-unsaturated/α-hetero) is 1. The highest BCUT2D eigenvalue weighted by Crippen LogP contribution is 2.07. The summed E-state index contributed by atoms with van der Waals surface area (Å²) >= 11 is 0. The molecular weight excluding hydrogens is 190 g/mol. The van der Waals surface area contributed by atoms with E-state index in [1.54, 1.807) is 12.4 Å². The Bertz CT molecular complexity index is 321. The third kappa shape index (κ3) is 2.67. The molecule has 1 aliphatic rings. The van der Waals surface area contributed by atoms with Gasteiger partial charge in [-0.2, -0.15) is 0 Å². The molecule has 4 heteroatoms. The second-order valence-electron chi connectivity index (χ2n) is 4.14. The Morgan fingerprint density at radius 1 is 1.67 bits per heavy atom. The van der Waals surface area contributed by atoms with E-state index in [2.05, 4.69) is 22.2 Å². The minimum atomic E-state index is 0.212. The van der Waals surface area contributed by atoms with Crippen LogP contribution in [0.4, 0.5) is 0 Å². The predicted molar refractivity (Wildman–Crippen MR) is 59.0 cm³/mol. The lowest BCUT2D eigenvalue weighted by molar-refractivity contribution is 0.0952. The number of ketones is 1. The highest BCUT2D eigenvalue weighted by atomic mass is 16.1. The van der Waals surface area contributed by atoms with E-state index in [4.69, 9.17) is 0 Å². The second-order valence-corrected chi connectivity index (χ2v) is 4.14. The van der Waals surface area contributed by atoms with Gasteiger partial charge in [-0.05, 0) is 13.1 Å². The standard InChI is InChI=1S/C11H17N3O/c1-14-5-4-13-10(8-14)6-11(15)9-2-3-12-7-9/h2-3,7,10,12-13H,4-6,8H2,1H3. The van der Waals surface area contributed by atoms with Crippen LogP contribution in [0, 0.1) is 0 Å². The van der Waals surface area contributed by atoms with Crippen molar-refractivity contribution in [3.05, 3.63) is 24.0 Å². The summed E-state index contributed by atoms with van der Waals surface area (Å²) in [6.45, 7) is 2.99. The molecule has 4 nitrogen and oxygen atoms in total. The summed E-state index contributed by atoms with van der Waals surface area (Å²) in [4.78, 5) is 17.0. The SMILES string of the molecule is CN1CCNC(CC(=O)c2cc[nH]c2)C1. The maximum atomic E-state index is 11.8. The highest BCUT2D eigenvalue weighted by Gasteiger charge is 2.19. The molecule has 0 saturated carbocycles. The predicted octanol–water partition coefficient (Wildman–Crippen LogP) is 0.491. The topological polar surface area (TPSA) is 48.1 Å². The van der Waals surface area contributed by atoms with Crippen LogP contribution in [-0.2, 0) is 0 Å². The molecule has 82 valence electrons. The number of carbonyl (C=O) groups is 1. The summed E-state index contributed by atoms with van der Waals surface area (Å²) in [5, 5.41) is 3.37. The number of aromatic nitrogens is 1. The number of rotatable bonds is 3. The van der Waals surface area contributed by atoms with Gasteiger partial charge in [-0.15, -0.1) is 0 Å². The van der Waals surface area contributed by atoms with Gasteiger partial charge in [0.25, 0.3) is 0 Å². The average molecular weight is 207 g/mol. The zero-order valence-corrected chi connectivity index (χ0v) is 8.99. The first-order chi connectivity index (χ1) is 7.25. The molecule has 0 radical (unpaired) electrons. The molecule has 1 unspecified atom stereocenters. The molecule has 0 amide bonds. The number of nitrogens with zero attached hydrogens (tertiary/aromatic N) is 1. The number of hydrogen-bond donors (Lipinski definition) is 2. The van der Waals surface area contributed by atoms with Crippen molar-refractivity contribution in [3.63, 3.8) is 0 Å². The average Bonchev–Trinajstić information content (AvgIpc) is 2.70. The molecule has 1 aliphatic heterocycles. The maximum absolute atomic E-state index is 11.8. The quantitative estimate of drug-likeness (QED) is 0.709. The summed E-state index contributed by atoms with van der Waals surface area (Å²) in [7, 11) is 2.09. The second kappa shape index (κ2) is 4.59. The number of H-pyrrole nitrogens is 1. The van der Waals surface area contributed by atoms with Crippen molar-refractivity contribution in [1.29, 1.82) is 0 Å². The van der Waals surface area contributed by atoms with Crippen molar-refractivity contribution in [3.8, 4) is 0 Å². The van der Waals surface area contributed by atoms with E-state index in [1.165, 1.54) is 0 Å².